The lowest BCUT2D eigenvalue weighted by molar-refractivity contribution is -0.192. The normalized spacial score (nSPS) is 18.1. The van der Waals surface area contributed by atoms with Crippen LogP contribution in [0.5, 0.6) is 0 Å². The average molecular weight is 291 g/mol. The molecule has 112 valence electrons. The van der Waals surface area contributed by atoms with Gasteiger partial charge in [0.1, 0.15) is 5.82 Å². The molecule has 5 nitrogen and oxygen atoms in total. The van der Waals surface area contributed by atoms with Crippen LogP contribution in [0, 0.1) is 6.92 Å². The predicted octanol–water partition coefficient (Wildman–Crippen LogP) is 1.80. The van der Waals surface area contributed by atoms with Crippen molar-refractivity contribution in [3.63, 3.8) is 0 Å². The molecule has 2 rings (SSSR count). The fourth-order valence-electron chi connectivity index (χ4n) is 1.54. The molecule has 1 aliphatic heterocycles. The lowest BCUT2D eigenvalue weighted by Crippen LogP contribution is -2.22. The first-order valence-electron chi connectivity index (χ1n) is 5.99. The van der Waals surface area contributed by atoms with Gasteiger partial charge in [-0.15, -0.1) is 0 Å². The zero-order chi connectivity index (χ0) is 15.2. The number of aromatic nitrogens is 1. The molecule has 20 heavy (non-hydrogen) atoms. The van der Waals surface area contributed by atoms with Crippen molar-refractivity contribution in [2.45, 2.75) is 25.6 Å². The van der Waals surface area contributed by atoms with Crippen molar-refractivity contribution >= 4 is 11.8 Å². The number of aliphatic carboxylic acids is 1. The van der Waals surface area contributed by atoms with Crippen LogP contribution in [0.3, 0.4) is 0 Å². The molecule has 0 aliphatic carbocycles. The van der Waals surface area contributed by atoms with E-state index in [2.05, 4.69) is 21.7 Å². The highest BCUT2D eigenvalue weighted by atomic mass is 19.4. The highest BCUT2D eigenvalue weighted by Crippen LogP contribution is 2.13. The van der Waals surface area contributed by atoms with Crippen molar-refractivity contribution in [3.8, 4) is 0 Å². The second-order valence-corrected chi connectivity index (χ2v) is 4.36. The van der Waals surface area contributed by atoms with Crippen LogP contribution < -0.4 is 10.6 Å². The maximum Gasteiger partial charge on any atom is 0.490 e. The van der Waals surface area contributed by atoms with Gasteiger partial charge in [-0.2, -0.15) is 13.2 Å². The van der Waals surface area contributed by atoms with Crippen molar-refractivity contribution in [2.75, 3.05) is 18.4 Å². The van der Waals surface area contributed by atoms with Crippen LogP contribution in [0.25, 0.3) is 0 Å². The van der Waals surface area contributed by atoms with E-state index in [9.17, 15) is 13.2 Å². The van der Waals surface area contributed by atoms with E-state index in [1.165, 1.54) is 12.0 Å². The molecule has 0 amide bonds. The quantitative estimate of drug-likeness (QED) is 0.775. The smallest absolute Gasteiger partial charge is 0.475 e. The minimum atomic E-state index is -5.08. The fourth-order valence-corrected chi connectivity index (χ4v) is 1.54. The molecule has 3 N–H and O–H groups in total. The van der Waals surface area contributed by atoms with Gasteiger partial charge in [0.15, 0.2) is 0 Å². The number of anilines is 1. The van der Waals surface area contributed by atoms with Crippen LogP contribution in [0.2, 0.25) is 0 Å². The molecule has 1 atom stereocenters. The first kappa shape index (κ1) is 16.2. The van der Waals surface area contributed by atoms with Gasteiger partial charge in [-0.25, -0.2) is 9.78 Å². The van der Waals surface area contributed by atoms with Crippen LogP contribution in [0.1, 0.15) is 12.0 Å². The molecule has 0 aromatic carbocycles. The summed E-state index contributed by atoms with van der Waals surface area (Å²) >= 11 is 0. The van der Waals surface area contributed by atoms with Gasteiger partial charge < -0.3 is 15.7 Å². The lowest BCUT2D eigenvalue weighted by atomic mass is 10.2. The van der Waals surface area contributed by atoms with Crippen molar-refractivity contribution in [2.24, 2.45) is 0 Å². The van der Waals surface area contributed by atoms with Gasteiger partial charge in [0, 0.05) is 18.8 Å². The molecule has 2 heterocycles. The van der Waals surface area contributed by atoms with Gasteiger partial charge in [-0.1, -0.05) is 6.07 Å². The highest BCUT2D eigenvalue weighted by Gasteiger charge is 2.38. The second kappa shape index (κ2) is 7.09. The molecule has 1 unspecified atom stereocenters. The van der Waals surface area contributed by atoms with E-state index in [4.69, 9.17) is 9.90 Å². The van der Waals surface area contributed by atoms with Crippen molar-refractivity contribution < 1.29 is 23.1 Å². The number of carbonyl (C=O) groups is 1. The molecular formula is C12H16F3N3O2. The third-order valence-corrected chi connectivity index (χ3v) is 2.57. The van der Waals surface area contributed by atoms with Crippen LogP contribution in [-0.4, -0.2) is 41.4 Å². The number of hydrogen-bond acceptors (Lipinski definition) is 4. The van der Waals surface area contributed by atoms with Crippen molar-refractivity contribution in [3.05, 3.63) is 23.9 Å². The molecule has 0 radical (unpaired) electrons. The molecule has 1 aromatic rings. The first-order valence-corrected chi connectivity index (χ1v) is 5.99. The number of hydrogen-bond donors (Lipinski definition) is 3. The van der Waals surface area contributed by atoms with E-state index in [1.54, 1.807) is 0 Å². The van der Waals surface area contributed by atoms with Crippen LogP contribution in [0.15, 0.2) is 18.3 Å². The van der Waals surface area contributed by atoms with Gasteiger partial charge >= 0.3 is 12.1 Å². The number of carboxylic acids is 1. The predicted molar refractivity (Wildman–Crippen MR) is 67.6 cm³/mol. The SMILES string of the molecule is Cc1ccc(NC2CCNC2)nc1.O=C(O)C(F)(F)F. The Morgan fingerprint density at radius 3 is 2.55 bits per heavy atom. The Morgan fingerprint density at radius 2 is 2.15 bits per heavy atom. The van der Waals surface area contributed by atoms with Crippen molar-refractivity contribution in [1.82, 2.24) is 10.3 Å². The Balaban J connectivity index is 0.000000246. The summed E-state index contributed by atoms with van der Waals surface area (Å²) in [6.45, 7) is 4.22. The van der Waals surface area contributed by atoms with Gasteiger partial charge in [0.2, 0.25) is 0 Å². The molecule has 1 fully saturated rings. The molecule has 0 bridgehead atoms. The Bertz CT molecular complexity index is 429. The van der Waals surface area contributed by atoms with Gasteiger partial charge in [0.25, 0.3) is 0 Å². The van der Waals surface area contributed by atoms with Gasteiger partial charge in [-0.3, -0.25) is 0 Å². The average Bonchev–Trinajstić information content (AvgIpc) is 2.84. The first-order chi connectivity index (χ1) is 9.29. The van der Waals surface area contributed by atoms with Crippen LogP contribution in [0.4, 0.5) is 19.0 Å². The summed E-state index contributed by atoms with van der Waals surface area (Å²) in [4.78, 5) is 13.2. The third-order valence-electron chi connectivity index (χ3n) is 2.57. The van der Waals surface area contributed by atoms with Gasteiger partial charge in [-0.05, 0) is 31.5 Å². The maximum atomic E-state index is 10.6. The summed E-state index contributed by atoms with van der Waals surface area (Å²) in [5.74, 6) is -1.77. The molecule has 1 aromatic heterocycles. The minimum Gasteiger partial charge on any atom is -0.475 e. The standard InChI is InChI=1S/C10H15N3.C2HF3O2/c1-8-2-3-10(12-6-8)13-9-4-5-11-7-9;3-2(4,5)1(6)7/h2-3,6,9,11H,4-5,7H2,1H3,(H,12,13);(H,6,7). The summed E-state index contributed by atoms with van der Waals surface area (Å²) in [5, 5.41) is 13.8. The zero-order valence-corrected chi connectivity index (χ0v) is 10.9. The van der Waals surface area contributed by atoms with E-state index in [1.807, 2.05) is 19.2 Å². The zero-order valence-electron chi connectivity index (χ0n) is 10.9. The second-order valence-electron chi connectivity index (χ2n) is 4.36. The third kappa shape index (κ3) is 5.87. The van der Waals surface area contributed by atoms with E-state index in [0.717, 1.165) is 18.9 Å². The number of carboxylic acid groups (broad SMARTS) is 1. The van der Waals surface area contributed by atoms with Crippen molar-refractivity contribution in [1.29, 1.82) is 0 Å². The Morgan fingerprint density at radius 1 is 1.50 bits per heavy atom. The molecule has 1 saturated heterocycles. The van der Waals surface area contributed by atoms with E-state index in [0.29, 0.717) is 6.04 Å². The van der Waals surface area contributed by atoms with Crippen LogP contribution in [-0.2, 0) is 4.79 Å². The van der Waals surface area contributed by atoms with Crippen LogP contribution >= 0.6 is 0 Å². The maximum absolute atomic E-state index is 10.6. The Labute approximate surface area is 114 Å². The number of halogens is 3. The Kier molecular flexibility index (Phi) is 5.75. The van der Waals surface area contributed by atoms with Gasteiger partial charge in [0.05, 0.1) is 0 Å². The minimum absolute atomic E-state index is 0.551. The van der Waals surface area contributed by atoms with E-state index >= 15 is 0 Å². The number of nitrogens with zero attached hydrogens (tertiary/aromatic N) is 1. The fraction of sp³-hybridized carbons (Fsp3) is 0.500. The molecular weight excluding hydrogens is 275 g/mol. The highest BCUT2D eigenvalue weighted by molar-refractivity contribution is 5.73. The largest absolute Gasteiger partial charge is 0.490 e. The summed E-state index contributed by atoms with van der Waals surface area (Å²) in [6.07, 6.45) is -2.00. The molecule has 0 saturated carbocycles. The summed E-state index contributed by atoms with van der Waals surface area (Å²) in [7, 11) is 0. The molecule has 1 aliphatic rings. The molecule has 8 heteroatoms. The topological polar surface area (TPSA) is 74.2 Å². The number of aryl methyl sites for hydroxylation is 1. The van der Waals surface area contributed by atoms with E-state index in [-0.39, 0.29) is 0 Å². The summed E-state index contributed by atoms with van der Waals surface area (Å²) in [6, 6.07) is 4.67. The molecule has 0 spiro atoms. The number of alkyl halides is 3. The number of nitrogens with one attached hydrogen (secondary N) is 2. The number of rotatable bonds is 2. The Hall–Kier alpha value is -1.83. The lowest BCUT2D eigenvalue weighted by Gasteiger charge is -2.11. The summed E-state index contributed by atoms with van der Waals surface area (Å²) in [5.41, 5.74) is 1.20. The van der Waals surface area contributed by atoms with E-state index < -0.39 is 12.1 Å². The number of pyridine rings is 1. The monoisotopic (exact) mass is 291 g/mol. The summed E-state index contributed by atoms with van der Waals surface area (Å²) < 4.78 is 31.7.